The molecule has 274 valence electrons. The van der Waals surface area contributed by atoms with Crippen molar-refractivity contribution in [3.8, 4) is 44.5 Å². The second kappa shape index (κ2) is 13.8. The van der Waals surface area contributed by atoms with Crippen molar-refractivity contribution in [3.05, 3.63) is 204 Å². The SMILES string of the molecule is C/C=C(\C=C/CC)c1ccc(N(c2ccc(-c3ccccc3)cc2)c2ccc3c(c2)C(C)(C)c2cc4c(cc2-3)C(C)(C)c2ccc(-c3ccccc3)cc2-4)cc1. The number of nitrogens with zero attached hydrogens (tertiary/aromatic N) is 1. The van der Waals surface area contributed by atoms with E-state index in [2.05, 4.69) is 222 Å². The van der Waals surface area contributed by atoms with Gasteiger partial charge in [0, 0.05) is 27.9 Å². The van der Waals surface area contributed by atoms with Crippen molar-refractivity contribution in [2.75, 3.05) is 4.90 Å². The van der Waals surface area contributed by atoms with Crippen LogP contribution in [0.25, 0.3) is 50.1 Å². The molecule has 0 bridgehead atoms. The number of rotatable bonds is 8. The van der Waals surface area contributed by atoms with Crippen LogP contribution in [-0.4, -0.2) is 0 Å². The average molecular weight is 724 g/mol. The Labute approximate surface area is 333 Å². The molecular formula is C55H49N. The Morgan fingerprint density at radius 3 is 1.55 bits per heavy atom. The maximum absolute atomic E-state index is 2.53. The molecule has 7 aromatic rings. The van der Waals surface area contributed by atoms with Crippen molar-refractivity contribution in [2.45, 2.75) is 58.8 Å². The predicted molar refractivity (Wildman–Crippen MR) is 240 cm³/mol. The first-order chi connectivity index (χ1) is 27.2. The molecule has 1 heteroatoms. The van der Waals surface area contributed by atoms with Gasteiger partial charge in [-0.25, -0.2) is 0 Å². The van der Waals surface area contributed by atoms with Gasteiger partial charge in [-0.3, -0.25) is 0 Å². The molecule has 2 aliphatic rings. The zero-order valence-electron chi connectivity index (χ0n) is 33.4. The largest absolute Gasteiger partial charge is 0.310 e. The predicted octanol–water partition coefficient (Wildman–Crippen LogP) is 15.5. The number of hydrogen-bond donors (Lipinski definition) is 0. The molecule has 0 radical (unpaired) electrons. The smallest absolute Gasteiger partial charge is 0.0465 e. The van der Waals surface area contributed by atoms with E-state index in [0.717, 1.165) is 23.5 Å². The zero-order chi connectivity index (χ0) is 38.6. The Hall–Kier alpha value is -6.18. The van der Waals surface area contributed by atoms with Crippen LogP contribution >= 0.6 is 0 Å². The molecule has 0 spiro atoms. The fraction of sp³-hybridized carbons (Fsp3) is 0.164. The Morgan fingerprint density at radius 1 is 0.464 bits per heavy atom. The first-order valence-electron chi connectivity index (χ1n) is 20.1. The Balaban J connectivity index is 1.14. The van der Waals surface area contributed by atoms with Gasteiger partial charge in [-0.1, -0.05) is 156 Å². The first kappa shape index (κ1) is 35.5. The molecule has 0 fully saturated rings. The molecule has 0 saturated heterocycles. The van der Waals surface area contributed by atoms with E-state index in [1.165, 1.54) is 77.9 Å². The molecule has 0 amide bonds. The fourth-order valence-electron chi connectivity index (χ4n) is 9.20. The zero-order valence-corrected chi connectivity index (χ0v) is 33.4. The number of allylic oxidation sites excluding steroid dienone is 4. The van der Waals surface area contributed by atoms with Crippen molar-refractivity contribution >= 4 is 22.6 Å². The van der Waals surface area contributed by atoms with Crippen LogP contribution in [0.1, 0.15) is 75.8 Å². The van der Waals surface area contributed by atoms with E-state index in [4.69, 9.17) is 0 Å². The highest BCUT2D eigenvalue weighted by molar-refractivity contribution is 5.92. The maximum Gasteiger partial charge on any atom is 0.0465 e. The lowest BCUT2D eigenvalue weighted by Crippen LogP contribution is -2.17. The van der Waals surface area contributed by atoms with Crippen LogP contribution in [0.15, 0.2) is 176 Å². The van der Waals surface area contributed by atoms with Crippen LogP contribution in [0.2, 0.25) is 0 Å². The third kappa shape index (κ3) is 5.85. The first-order valence-corrected chi connectivity index (χ1v) is 20.1. The van der Waals surface area contributed by atoms with Crippen LogP contribution in [-0.2, 0) is 10.8 Å². The molecule has 1 nitrogen and oxygen atoms in total. The van der Waals surface area contributed by atoms with Gasteiger partial charge in [-0.05, 0) is 146 Å². The summed E-state index contributed by atoms with van der Waals surface area (Å²) in [6.07, 6.45) is 7.67. The lowest BCUT2D eigenvalue weighted by molar-refractivity contribution is 0.652. The summed E-state index contributed by atoms with van der Waals surface area (Å²) in [5.74, 6) is 0. The van der Waals surface area contributed by atoms with Gasteiger partial charge in [0.1, 0.15) is 0 Å². The molecule has 0 unspecified atom stereocenters. The topological polar surface area (TPSA) is 3.24 Å². The summed E-state index contributed by atoms with van der Waals surface area (Å²) >= 11 is 0. The molecule has 7 aromatic carbocycles. The van der Waals surface area contributed by atoms with Gasteiger partial charge >= 0.3 is 0 Å². The van der Waals surface area contributed by atoms with E-state index >= 15 is 0 Å². The van der Waals surface area contributed by atoms with Gasteiger partial charge in [0.05, 0.1) is 0 Å². The minimum atomic E-state index is -0.182. The van der Waals surface area contributed by atoms with E-state index in [0.29, 0.717) is 0 Å². The Bertz CT molecular complexity index is 2640. The van der Waals surface area contributed by atoms with Gasteiger partial charge in [0.25, 0.3) is 0 Å². The molecule has 56 heavy (non-hydrogen) atoms. The van der Waals surface area contributed by atoms with E-state index in [1.54, 1.807) is 0 Å². The van der Waals surface area contributed by atoms with Crippen LogP contribution in [0.4, 0.5) is 17.1 Å². The Morgan fingerprint density at radius 2 is 0.946 bits per heavy atom. The van der Waals surface area contributed by atoms with Crippen molar-refractivity contribution in [3.63, 3.8) is 0 Å². The summed E-state index contributed by atoms with van der Waals surface area (Å²) in [4.78, 5) is 2.42. The molecule has 2 aliphatic carbocycles. The maximum atomic E-state index is 2.53. The normalized spacial score (nSPS) is 14.6. The minimum absolute atomic E-state index is 0.0875. The molecule has 0 heterocycles. The van der Waals surface area contributed by atoms with Crippen LogP contribution in [0.5, 0.6) is 0 Å². The second-order valence-corrected chi connectivity index (χ2v) is 16.4. The van der Waals surface area contributed by atoms with Crippen molar-refractivity contribution in [1.29, 1.82) is 0 Å². The van der Waals surface area contributed by atoms with Gasteiger partial charge in [0.2, 0.25) is 0 Å². The van der Waals surface area contributed by atoms with Crippen LogP contribution in [0, 0.1) is 0 Å². The van der Waals surface area contributed by atoms with Crippen molar-refractivity contribution in [2.24, 2.45) is 0 Å². The van der Waals surface area contributed by atoms with Crippen LogP contribution in [0.3, 0.4) is 0 Å². The van der Waals surface area contributed by atoms with E-state index in [1.807, 2.05) is 0 Å². The molecule has 9 rings (SSSR count). The third-order valence-corrected chi connectivity index (χ3v) is 12.4. The second-order valence-electron chi connectivity index (χ2n) is 16.4. The highest BCUT2D eigenvalue weighted by Gasteiger charge is 2.42. The van der Waals surface area contributed by atoms with Gasteiger partial charge < -0.3 is 4.90 Å². The lowest BCUT2D eigenvalue weighted by atomic mass is 9.79. The van der Waals surface area contributed by atoms with Gasteiger partial charge in [-0.15, -0.1) is 0 Å². The Kier molecular flexibility index (Phi) is 8.78. The van der Waals surface area contributed by atoms with Crippen LogP contribution < -0.4 is 4.90 Å². The fourth-order valence-corrected chi connectivity index (χ4v) is 9.20. The monoisotopic (exact) mass is 723 g/mol. The summed E-state index contributed by atoms with van der Waals surface area (Å²) in [5, 5.41) is 0. The summed E-state index contributed by atoms with van der Waals surface area (Å²) in [6, 6.07) is 58.7. The van der Waals surface area contributed by atoms with Crippen molar-refractivity contribution < 1.29 is 0 Å². The summed E-state index contributed by atoms with van der Waals surface area (Å²) in [5.41, 5.74) is 21.6. The summed E-state index contributed by atoms with van der Waals surface area (Å²) in [7, 11) is 0. The molecule has 0 N–H and O–H groups in total. The molecule has 0 atom stereocenters. The van der Waals surface area contributed by atoms with E-state index in [-0.39, 0.29) is 10.8 Å². The minimum Gasteiger partial charge on any atom is -0.310 e. The quantitative estimate of drug-likeness (QED) is 0.141. The number of anilines is 3. The summed E-state index contributed by atoms with van der Waals surface area (Å²) in [6.45, 7) is 13.9. The summed E-state index contributed by atoms with van der Waals surface area (Å²) < 4.78 is 0. The standard InChI is InChI=1S/C55H49N/c1-7-9-16-37(8-2)40-21-26-43(27-22-40)56(44-28-23-41(24-29-44)38-17-12-10-13-18-38)45-30-31-46-48-35-53-49(36-52(48)55(5,6)51(46)34-45)47-33-42(39-19-14-11-15-20-39)25-32-50(47)54(53,3)4/h8-36H,7H2,1-6H3/b16-9-,37-8+. The number of benzene rings is 7. The van der Waals surface area contributed by atoms with Crippen molar-refractivity contribution in [1.82, 2.24) is 0 Å². The van der Waals surface area contributed by atoms with E-state index < -0.39 is 0 Å². The number of hydrogen-bond acceptors (Lipinski definition) is 1. The van der Waals surface area contributed by atoms with Gasteiger partial charge in [0.15, 0.2) is 0 Å². The highest BCUT2D eigenvalue weighted by Crippen LogP contribution is 2.57. The molecule has 0 aromatic heterocycles. The molecule has 0 aliphatic heterocycles. The molecule has 0 saturated carbocycles. The highest BCUT2D eigenvalue weighted by atomic mass is 15.1. The van der Waals surface area contributed by atoms with Gasteiger partial charge in [-0.2, -0.15) is 0 Å². The molecular weight excluding hydrogens is 675 g/mol. The average Bonchev–Trinajstić information content (AvgIpc) is 3.60. The van der Waals surface area contributed by atoms with E-state index in [9.17, 15) is 0 Å². The lowest BCUT2D eigenvalue weighted by Gasteiger charge is -2.28. The number of fused-ring (bicyclic) bond motifs is 6. The third-order valence-electron chi connectivity index (χ3n) is 12.4.